The zero-order valence-corrected chi connectivity index (χ0v) is 14.4. The Hall–Kier alpha value is -3.73. The average molecular weight is 353 g/mol. The lowest BCUT2D eigenvalue weighted by molar-refractivity contribution is 0.603. The van der Waals surface area contributed by atoms with Gasteiger partial charge in [0, 0.05) is 17.1 Å². The number of fused-ring (bicyclic) bond motifs is 2. The van der Waals surface area contributed by atoms with E-state index in [2.05, 4.69) is 16.0 Å². The first-order valence-electron chi connectivity index (χ1n) is 8.65. The van der Waals surface area contributed by atoms with Gasteiger partial charge in [0.2, 0.25) is 5.71 Å². The van der Waals surface area contributed by atoms with Crippen molar-refractivity contribution in [2.75, 3.05) is 0 Å². The van der Waals surface area contributed by atoms with E-state index in [-0.39, 0.29) is 5.56 Å². The monoisotopic (exact) mass is 353 g/mol. The van der Waals surface area contributed by atoms with Crippen LogP contribution in [0.25, 0.3) is 33.1 Å². The van der Waals surface area contributed by atoms with E-state index in [1.165, 1.54) is 0 Å². The predicted molar refractivity (Wildman–Crippen MR) is 105 cm³/mol. The summed E-state index contributed by atoms with van der Waals surface area (Å²) in [5.74, 6) is 0. The molecule has 5 aromatic rings. The standard InChI is InChI=1S/C22H15N3O2/c26-22-19-3-1-2-4-20(19)24-14-25(22)13-15-5-7-16(8-6-15)18-11-17-9-10-27-21(17)23-12-18/h1-12,14H,13H2. The molecule has 0 amide bonds. The molecule has 0 fully saturated rings. The molecule has 0 radical (unpaired) electrons. The molecule has 0 aliphatic heterocycles. The molecule has 0 spiro atoms. The molecule has 3 heterocycles. The van der Waals surface area contributed by atoms with E-state index >= 15 is 0 Å². The van der Waals surface area contributed by atoms with Crippen LogP contribution in [0.2, 0.25) is 0 Å². The summed E-state index contributed by atoms with van der Waals surface area (Å²) in [5, 5.41) is 1.61. The molecule has 5 rings (SSSR count). The van der Waals surface area contributed by atoms with Crippen molar-refractivity contribution in [2.45, 2.75) is 6.54 Å². The van der Waals surface area contributed by atoms with Crippen LogP contribution >= 0.6 is 0 Å². The van der Waals surface area contributed by atoms with Crippen molar-refractivity contribution in [2.24, 2.45) is 0 Å². The summed E-state index contributed by atoms with van der Waals surface area (Å²) >= 11 is 0. The van der Waals surface area contributed by atoms with Gasteiger partial charge in [0.25, 0.3) is 5.56 Å². The Morgan fingerprint density at radius 1 is 0.926 bits per heavy atom. The highest BCUT2D eigenvalue weighted by molar-refractivity contribution is 5.80. The number of benzene rings is 2. The van der Waals surface area contributed by atoms with Gasteiger partial charge in [-0.3, -0.25) is 9.36 Å². The molecule has 130 valence electrons. The van der Waals surface area contributed by atoms with E-state index in [0.717, 1.165) is 27.6 Å². The highest BCUT2D eigenvalue weighted by atomic mass is 16.3. The van der Waals surface area contributed by atoms with Crippen molar-refractivity contribution >= 4 is 22.0 Å². The molecular weight excluding hydrogens is 338 g/mol. The first-order chi connectivity index (χ1) is 13.3. The topological polar surface area (TPSA) is 60.9 Å². The minimum Gasteiger partial charge on any atom is -0.446 e. The molecule has 0 aliphatic rings. The molecule has 0 saturated carbocycles. The van der Waals surface area contributed by atoms with E-state index in [0.29, 0.717) is 17.6 Å². The lowest BCUT2D eigenvalue weighted by Gasteiger charge is -2.08. The second-order valence-corrected chi connectivity index (χ2v) is 6.43. The smallest absolute Gasteiger partial charge is 0.261 e. The number of hydrogen-bond acceptors (Lipinski definition) is 4. The fourth-order valence-corrected chi connectivity index (χ4v) is 3.23. The summed E-state index contributed by atoms with van der Waals surface area (Å²) in [4.78, 5) is 21.3. The molecule has 2 aromatic carbocycles. The fourth-order valence-electron chi connectivity index (χ4n) is 3.23. The highest BCUT2D eigenvalue weighted by Crippen LogP contribution is 2.23. The molecular formula is C22H15N3O2. The quantitative estimate of drug-likeness (QED) is 0.486. The van der Waals surface area contributed by atoms with E-state index in [1.807, 2.05) is 54.6 Å². The first-order valence-corrected chi connectivity index (χ1v) is 8.65. The second kappa shape index (κ2) is 6.21. The molecule has 0 N–H and O–H groups in total. The van der Waals surface area contributed by atoms with Crippen molar-refractivity contribution in [3.63, 3.8) is 0 Å². The summed E-state index contributed by atoms with van der Waals surface area (Å²) in [6.45, 7) is 0.482. The van der Waals surface area contributed by atoms with Crippen molar-refractivity contribution < 1.29 is 4.42 Å². The van der Waals surface area contributed by atoms with Crippen LogP contribution in [0.5, 0.6) is 0 Å². The minimum absolute atomic E-state index is 0.0284. The summed E-state index contributed by atoms with van der Waals surface area (Å²) in [7, 11) is 0. The molecule has 0 aliphatic carbocycles. The molecule has 0 unspecified atom stereocenters. The van der Waals surface area contributed by atoms with E-state index < -0.39 is 0 Å². The summed E-state index contributed by atoms with van der Waals surface area (Å²) in [5.41, 5.74) is 4.46. The number of rotatable bonds is 3. The number of nitrogens with zero attached hydrogens (tertiary/aromatic N) is 3. The van der Waals surface area contributed by atoms with Crippen molar-refractivity contribution in [3.8, 4) is 11.1 Å². The number of furan rings is 1. The Labute approximate surface area is 154 Å². The number of para-hydroxylation sites is 1. The van der Waals surface area contributed by atoms with Gasteiger partial charge >= 0.3 is 0 Å². The van der Waals surface area contributed by atoms with Crippen molar-refractivity contribution in [3.05, 3.63) is 95.4 Å². The Morgan fingerprint density at radius 2 is 1.78 bits per heavy atom. The Morgan fingerprint density at radius 3 is 2.67 bits per heavy atom. The number of pyridine rings is 1. The molecule has 27 heavy (non-hydrogen) atoms. The predicted octanol–water partition coefficient (Wildman–Crippen LogP) is 4.25. The second-order valence-electron chi connectivity index (χ2n) is 6.43. The zero-order chi connectivity index (χ0) is 18.2. The Kier molecular flexibility index (Phi) is 3.57. The third kappa shape index (κ3) is 2.79. The van der Waals surface area contributed by atoms with Gasteiger partial charge < -0.3 is 4.42 Å². The minimum atomic E-state index is -0.0284. The first kappa shape index (κ1) is 15.5. The van der Waals surface area contributed by atoms with Gasteiger partial charge in [0.05, 0.1) is 30.0 Å². The maximum absolute atomic E-state index is 12.6. The molecule has 0 atom stereocenters. The van der Waals surface area contributed by atoms with E-state index in [9.17, 15) is 4.79 Å². The fraction of sp³-hybridized carbons (Fsp3) is 0.0455. The van der Waals surface area contributed by atoms with Crippen LogP contribution in [-0.2, 0) is 6.54 Å². The van der Waals surface area contributed by atoms with Crippen LogP contribution in [-0.4, -0.2) is 14.5 Å². The normalized spacial score (nSPS) is 11.3. The van der Waals surface area contributed by atoms with Crippen LogP contribution < -0.4 is 5.56 Å². The molecule has 0 saturated heterocycles. The molecule has 5 nitrogen and oxygen atoms in total. The summed E-state index contributed by atoms with van der Waals surface area (Å²) < 4.78 is 6.92. The maximum Gasteiger partial charge on any atom is 0.261 e. The van der Waals surface area contributed by atoms with Gasteiger partial charge in [-0.15, -0.1) is 0 Å². The van der Waals surface area contributed by atoms with E-state index in [1.54, 1.807) is 23.4 Å². The van der Waals surface area contributed by atoms with Gasteiger partial charge in [0.15, 0.2) is 0 Å². The van der Waals surface area contributed by atoms with Gasteiger partial charge in [-0.2, -0.15) is 0 Å². The lowest BCUT2D eigenvalue weighted by Crippen LogP contribution is -2.21. The lowest BCUT2D eigenvalue weighted by atomic mass is 10.0. The highest BCUT2D eigenvalue weighted by Gasteiger charge is 2.06. The maximum atomic E-state index is 12.6. The average Bonchev–Trinajstić information content (AvgIpc) is 3.19. The third-order valence-electron chi connectivity index (χ3n) is 4.68. The van der Waals surface area contributed by atoms with Gasteiger partial charge in [-0.05, 0) is 35.4 Å². The largest absolute Gasteiger partial charge is 0.446 e. The van der Waals surface area contributed by atoms with Crippen LogP contribution in [0.15, 0.2) is 88.7 Å². The van der Waals surface area contributed by atoms with Crippen molar-refractivity contribution in [1.29, 1.82) is 0 Å². The zero-order valence-electron chi connectivity index (χ0n) is 14.4. The van der Waals surface area contributed by atoms with Crippen LogP contribution in [0.4, 0.5) is 0 Å². The van der Waals surface area contributed by atoms with Crippen LogP contribution in [0.3, 0.4) is 0 Å². The summed E-state index contributed by atoms with van der Waals surface area (Å²) in [6.07, 6.45) is 5.05. The summed E-state index contributed by atoms with van der Waals surface area (Å²) in [6, 6.07) is 19.5. The Bertz CT molecular complexity index is 1320. The molecule has 5 heteroatoms. The van der Waals surface area contributed by atoms with Gasteiger partial charge in [0.1, 0.15) is 0 Å². The Balaban J connectivity index is 1.45. The third-order valence-corrected chi connectivity index (χ3v) is 4.68. The van der Waals surface area contributed by atoms with Gasteiger partial charge in [-0.25, -0.2) is 9.97 Å². The number of hydrogen-bond donors (Lipinski definition) is 0. The van der Waals surface area contributed by atoms with Gasteiger partial charge in [-0.1, -0.05) is 36.4 Å². The number of aromatic nitrogens is 3. The SMILES string of the molecule is O=c1c2ccccc2ncn1Cc1ccc(-c2cnc3occc3c2)cc1. The van der Waals surface area contributed by atoms with Crippen molar-refractivity contribution in [1.82, 2.24) is 14.5 Å². The van der Waals surface area contributed by atoms with E-state index in [4.69, 9.17) is 4.42 Å². The molecule has 3 aromatic heterocycles. The van der Waals surface area contributed by atoms with Crippen LogP contribution in [0, 0.1) is 0 Å². The van der Waals surface area contributed by atoms with Crippen LogP contribution in [0.1, 0.15) is 5.56 Å². The molecule has 0 bridgehead atoms.